The number of carboxylic acid groups (broad SMARTS) is 1. The number of hydrogen-bond donors (Lipinski definition) is 1. The molecule has 1 aliphatic heterocycles. The van der Waals surface area contributed by atoms with E-state index >= 15 is 0 Å². The minimum atomic E-state index is -0.936. The summed E-state index contributed by atoms with van der Waals surface area (Å²) in [4.78, 5) is 34.6. The lowest BCUT2D eigenvalue weighted by atomic mass is 9.80. The van der Waals surface area contributed by atoms with Crippen molar-refractivity contribution in [1.82, 2.24) is 0 Å². The topological polar surface area (TPSA) is 107 Å². The molecule has 1 aromatic rings. The van der Waals surface area contributed by atoms with E-state index in [1.807, 2.05) is 0 Å². The lowest BCUT2D eigenvalue weighted by molar-refractivity contribution is -0.384. The normalized spacial score (nSPS) is 37.0. The minimum absolute atomic E-state index is 0.0100. The molecule has 2 saturated carbocycles. The number of carbonyl (C=O) groups excluding carboxylic acids is 1. The molecular formula is C15H13NO6S. The van der Waals surface area contributed by atoms with Crippen molar-refractivity contribution in [2.24, 2.45) is 23.7 Å². The van der Waals surface area contributed by atoms with Gasteiger partial charge in [-0.25, -0.2) is 0 Å². The van der Waals surface area contributed by atoms with Crippen molar-refractivity contribution in [2.45, 2.75) is 22.7 Å². The summed E-state index contributed by atoms with van der Waals surface area (Å²) in [5, 5.41) is 20.1. The highest BCUT2D eigenvalue weighted by Crippen LogP contribution is 2.61. The molecule has 2 bridgehead atoms. The quantitative estimate of drug-likeness (QED) is 0.509. The molecule has 6 atom stereocenters. The molecule has 1 heterocycles. The maximum atomic E-state index is 12.0. The molecule has 0 spiro atoms. The van der Waals surface area contributed by atoms with Crippen LogP contribution in [0.2, 0.25) is 0 Å². The van der Waals surface area contributed by atoms with E-state index in [0.717, 1.165) is 4.90 Å². The zero-order chi connectivity index (χ0) is 16.3. The summed E-state index contributed by atoms with van der Waals surface area (Å²) in [6, 6.07) is 6.15. The van der Waals surface area contributed by atoms with Gasteiger partial charge in [0.2, 0.25) is 0 Å². The summed E-state index contributed by atoms with van der Waals surface area (Å²) in [5.74, 6) is -2.61. The second-order valence-electron chi connectivity index (χ2n) is 6.19. The fourth-order valence-corrected chi connectivity index (χ4v) is 5.74. The third-order valence-corrected chi connectivity index (χ3v) is 6.59. The number of nitro groups is 1. The lowest BCUT2D eigenvalue weighted by Gasteiger charge is -2.29. The molecule has 0 amide bonds. The number of nitrogens with zero attached hydrogens (tertiary/aromatic N) is 1. The zero-order valence-electron chi connectivity index (χ0n) is 11.8. The van der Waals surface area contributed by atoms with Gasteiger partial charge in [0.15, 0.2) is 0 Å². The molecule has 3 aliphatic rings. The molecule has 7 nitrogen and oxygen atoms in total. The molecule has 8 heteroatoms. The van der Waals surface area contributed by atoms with Crippen molar-refractivity contribution in [3.63, 3.8) is 0 Å². The highest BCUT2D eigenvalue weighted by Gasteiger charge is 2.68. The van der Waals surface area contributed by atoms with Crippen LogP contribution in [0.1, 0.15) is 6.42 Å². The number of carbonyl (C=O) groups is 2. The second-order valence-corrected chi connectivity index (χ2v) is 7.44. The Labute approximate surface area is 135 Å². The molecule has 1 N–H and O–H groups in total. The van der Waals surface area contributed by atoms with E-state index in [4.69, 9.17) is 4.74 Å². The smallest absolute Gasteiger partial charge is 0.310 e. The standard InChI is InChI=1S/C15H13NO6S/c17-14(18)10-9-5-8-11(10)15(19)22-12(8)13(9)23-7-3-1-6(2-4-7)16(20)21/h1-4,8-13H,5H2,(H,17,18). The van der Waals surface area contributed by atoms with Gasteiger partial charge in [0, 0.05) is 22.9 Å². The Morgan fingerprint density at radius 1 is 1.30 bits per heavy atom. The average Bonchev–Trinajstić information content (AvgIpc) is 3.11. The number of ether oxygens (including phenoxy) is 1. The number of non-ortho nitro benzene ring substituents is 1. The summed E-state index contributed by atoms with van der Waals surface area (Å²) in [7, 11) is 0. The Morgan fingerprint density at radius 2 is 2.00 bits per heavy atom. The third kappa shape index (κ3) is 2.04. The van der Waals surface area contributed by atoms with Crippen LogP contribution in [0.25, 0.3) is 0 Å². The van der Waals surface area contributed by atoms with E-state index in [1.54, 1.807) is 12.1 Å². The molecule has 3 fully saturated rings. The molecule has 1 aromatic carbocycles. The summed E-state index contributed by atoms with van der Waals surface area (Å²) in [6.07, 6.45) is 0.455. The molecule has 120 valence electrons. The van der Waals surface area contributed by atoms with Gasteiger partial charge < -0.3 is 9.84 Å². The van der Waals surface area contributed by atoms with Crippen LogP contribution in [0.4, 0.5) is 5.69 Å². The van der Waals surface area contributed by atoms with Gasteiger partial charge in [-0.05, 0) is 24.5 Å². The van der Waals surface area contributed by atoms with Crippen molar-refractivity contribution in [3.05, 3.63) is 34.4 Å². The number of carboxylic acids is 1. The Balaban J connectivity index is 1.59. The monoisotopic (exact) mass is 335 g/mol. The summed E-state index contributed by atoms with van der Waals surface area (Å²) >= 11 is 1.45. The number of rotatable bonds is 4. The number of fused-ring (bicyclic) bond motifs is 1. The van der Waals surface area contributed by atoms with Gasteiger partial charge in [-0.1, -0.05) is 0 Å². The zero-order valence-corrected chi connectivity index (χ0v) is 12.6. The van der Waals surface area contributed by atoms with Gasteiger partial charge in [-0.15, -0.1) is 11.8 Å². The van der Waals surface area contributed by atoms with Crippen LogP contribution in [-0.4, -0.2) is 33.3 Å². The maximum absolute atomic E-state index is 12.0. The first-order valence-electron chi connectivity index (χ1n) is 7.32. The third-order valence-electron chi connectivity index (χ3n) is 5.15. The summed E-state index contributed by atoms with van der Waals surface area (Å²) < 4.78 is 5.44. The average molecular weight is 335 g/mol. The van der Waals surface area contributed by atoms with Crippen LogP contribution in [-0.2, 0) is 14.3 Å². The Hall–Kier alpha value is -2.09. The number of aliphatic carboxylic acids is 1. The number of esters is 1. The van der Waals surface area contributed by atoms with Crippen LogP contribution >= 0.6 is 11.8 Å². The predicted octanol–water partition coefficient (Wildman–Crippen LogP) is 1.95. The molecule has 2 aliphatic carbocycles. The molecule has 23 heavy (non-hydrogen) atoms. The van der Waals surface area contributed by atoms with Crippen molar-refractivity contribution in [1.29, 1.82) is 0 Å². The number of benzene rings is 1. The molecule has 4 rings (SSSR count). The number of nitro benzene ring substituents is 1. The van der Waals surface area contributed by atoms with Gasteiger partial charge in [0.25, 0.3) is 5.69 Å². The van der Waals surface area contributed by atoms with E-state index in [1.165, 1.54) is 23.9 Å². The molecule has 1 saturated heterocycles. The molecular weight excluding hydrogens is 322 g/mol. The largest absolute Gasteiger partial charge is 0.481 e. The Bertz CT molecular complexity index is 704. The number of hydrogen-bond acceptors (Lipinski definition) is 6. The van der Waals surface area contributed by atoms with Crippen molar-refractivity contribution in [2.75, 3.05) is 0 Å². The van der Waals surface area contributed by atoms with Gasteiger partial charge in [0.1, 0.15) is 6.10 Å². The van der Waals surface area contributed by atoms with E-state index in [2.05, 4.69) is 0 Å². The van der Waals surface area contributed by atoms with Crippen molar-refractivity contribution >= 4 is 29.4 Å². The second kappa shape index (κ2) is 4.95. The minimum Gasteiger partial charge on any atom is -0.481 e. The highest BCUT2D eigenvalue weighted by molar-refractivity contribution is 8.00. The van der Waals surface area contributed by atoms with Crippen LogP contribution in [0.5, 0.6) is 0 Å². The highest BCUT2D eigenvalue weighted by atomic mass is 32.2. The first-order chi connectivity index (χ1) is 11.0. The van der Waals surface area contributed by atoms with Crippen LogP contribution in [0, 0.1) is 33.8 Å². The Morgan fingerprint density at radius 3 is 2.61 bits per heavy atom. The maximum Gasteiger partial charge on any atom is 0.310 e. The molecule has 0 aromatic heterocycles. The first-order valence-corrected chi connectivity index (χ1v) is 8.20. The Kier molecular flexibility index (Phi) is 3.12. The van der Waals surface area contributed by atoms with Crippen molar-refractivity contribution < 1.29 is 24.4 Å². The number of thioether (sulfide) groups is 1. The molecule has 6 unspecified atom stereocenters. The lowest BCUT2D eigenvalue weighted by Crippen LogP contribution is -2.39. The van der Waals surface area contributed by atoms with Crippen LogP contribution in [0.15, 0.2) is 29.2 Å². The van der Waals surface area contributed by atoms with Gasteiger partial charge >= 0.3 is 11.9 Å². The summed E-state index contributed by atoms with van der Waals surface area (Å²) in [5.41, 5.74) is 0.0121. The van der Waals surface area contributed by atoms with E-state index < -0.39 is 22.7 Å². The van der Waals surface area contributed by atoms with E-state index in [-0.39, 0.29) is 34.8 Å². The van der Waals surface area contributed by atoms with Crippen LogP contribution < -0.4 is 0 Å². The van der Waals surface area contributed by atoms with Gasteiger partial charge in [-0.2, -0.15) is 0 Å². The summed E-state index contributed by atoms with van der Waals surface area (Å²) in [6.45, 7) is 0. The van der Waals surface area contributed by atoms with E-state index in [0.29, 0.717) is 6.42 Å². The first kappa shape index (κ1) is 14.5. The SMILES string of the molecule is O=C1OC2C3CC(C2Sc2ccc([N+](=O)[O-])cc2)C(C(=O)O)C13. The predicted molar refractivity (Wildman–Crippen MR) is 78.8 cm³/mol. The van der Waals surface area contributed by atoms with E-state index in [9.17, 15) is 24.8 Å². The van der Waals surface area contributed by atoms with Crippen LogP contribution in [0.3, 0.4) is 0 Å². The van der Waals surface area contributed by atoms with Crippen molar-refractivity contribution in [3.8, 4) is 0 Å². The fraction of sp³-hybridized carbons (Fsp3) is 0.467. The fourth-order valence-electron chi connectivity index (χ4n) is 4.29. The van der Waals surface area contributed by atoms with Gasteiger partial charge in [0.05, 0.1) is 22.0 Å². The molecule has 0 radical (unpaired) electrons. The van der Waals surface area contributed by atoms with Gasteiger partial charge in [-0.3, -0.25) is 19.7 Å².